The Labute approximate surface area is 105 Å². The highest BCUT2D eigenvalue weighted by molar-refractivity contribution is 5.27. The zero-order chi connectivity index (χ0) is 12.8. The van der Waals surface area contributed by atoms with Gasteiger partial charge in [0.1, 0.15) is 5.75 Å². The maximum Gasteiger partial charge on any atom is 0.227 e. The first-order chi connectivity index (χ1) is 8.81. The van der Waals surface area contributed by atoms with E-state index in [0.29, 0.717) is 18.1 Å². The molecule has 0 bridgehead atoms. The lowest BCUT2D eigenvalue weighted by Gasteiger charge is -2.01. The van der Waals surface area contributed by atoms with E-state index in [2.05, 4.69) is 10.1 Å². The predicted molar refractivity (Wildman–Crippen MR) is 64.0 cm³/mol. The summed E-state index contributed by atoms with van der Waals surface area (Å²) in [5, 5.41) is 12.2. The molecule has 0 fully saturated rings. The molecule has 18 heavy (non-hydrogen) atoms. The molecule has 0 saturated carbocycles. The number of rotatable bonds is 5. The second-order valence-corrected chi connectivity index (χ2v) is 3.79. The number of hydrogen-bond donors (Lipinski definition) is 0. The van der Waals surface area contributed by atoms with Crippen LogP contribution in [0.25, 0.3) is 0 Å². The molecular weight excluding hydrogens is 230 g/mol. The maximum atomic E-state index is 8.50. The molecule has 1 aromatic heterocycles. The summed E-state index contributed by atoms with van der Waals surface area (Å²) < 4.78 is 10.1. The summed E-state index contributed by atoms with van der Waals surface area (Å²) in [5.74, 6) is 1.85. The van der Waals surface area contributed by atoms with Crippen LogP contribution in [-0.4, -0.2) is 17.3 Å². The molecule has 0 saturated heterocycles. The number of aromatic nitrogens is 2. The molecule has 0 radical (unpaired) electrons. The van der Waals surface area contributed by atoms with Crippen LogP contribution in [0.3, 0.4) is 0 Å². The average Bonchev–Trinajstić information content (AvgIpc) is 2.85. The highest BCUT2D eigenvalue weighted by Crippen LogP contribution is 2.13. The Balaban J connectivity index is 1.91. The summed E-state index contributed by atoms with van der Waals surface area (Å²) in [6.45, 7) is 0. The summed E-state index contributed by atoms with van der Waals surface area (Å²) in [6.07, 6.45) is 1.68. The van der Waals surface area contributed by atoms with E-state index in [9.17, 15) is 0 Å². The van der Waals surface area contributed by atoms with Crippen molar-refractivity contribution in [3.05, 3.63) is 41.5 Å². The minimum absolute atomic E-state index is 0.187. The van der Waals surface area contributed by atoms with Crippen LogP contribution in [0.15, 0.2) is 28.8 Å². The zero-order valence-corrected chi connectivity index (χ0v) is 10.1. The fraction of sp³-hybridized carbons (Fsp3) is 0.308. The van der Waals surface area contributed by atoms with Crippen molar-refractivity contribution >= 4 is 0 Å². The van der Waals surface area contributed by atoms with E-state index in [1.54, 1.807) is 7.11 Å². The zero-order valence-electron chi connectivity index (χ0n) is 10.1. The maximum absolute atomic E-state index is 8.50. The number of benzene rings is 1. The second kappa shape index (κ2) is 5.82. The van der Waals surface area contributed by atoms with Gasteiger partial charge in [0.05, 0.1) is 19.6 Å². The van der Waals surface area contributed by atoms with Gasteiger partial charge in [0, 0.05) is 6.42 Å². The molecular formula is C13H13N3O2. The SMILES string of the molecule is COc1ccc(CCc2nc(CC#N)no2)cc1. The molecule has 0 aliphatic carbocycles. The fourth-order valence-electron chi connectivity index (χ4n) is 1.58. The van der Waals surface area contributed by atoms with Crippen molar-refractivity contribution in [3.63, 3.8) is 0 Å². The van der Waals surface area contributed by atoms with E-state index < -0.39 is 0 Å². The largest absolute Gasteiger partial charge is 0.497 e. The summed E-state index contributed by atoms with van der Waals surface area (Å²) in [6, 6.07) is 9.84. The highest BCUT2D eigenvalue weighted by atomic mass is 16.5. The van der Waals surface area contributed by atoms with E-state index in [1.165, 1.54) is 5.56 Å². The molecule has 0 atom stereocenters. The minimum Gasteiger partial charge on any atom is -0.497 e. The Morgan fingerprint density at radius 3 is 2.72 bits per heavy atom. The van der Waals surface area contributed by atoms with Crippen molar-refractivity contribution in [3.8, 4) is 11.8 Å². The fourth-order valence-corrected chi connectivity index (χ4v) is 1.58. The van der Waals surface area contributed by atoms with Gasteiger partial charge in [-0.3, -0.25) is 0 Å². The van der Waals surface area contributed by atoms with Crippen LogP contribution in [0.5, 0.6) is 5.75 Å². The smallest absolute Gasteiger partial charge is 0.227 e. The standard InChI is InChI=1S/C13H13N3O2/c1-17-11-5-2-10(3-6-11)4-7-13-15-12(8-9-14)16-18-13/h2-3,5-6H,4,7-8H2,1H3. The molecule has 2 aromatic rings. The topological polar surface area (TPSA) is 71.9 Å². The lowest BCUT2D eigenvalue weighted by Crippen LogP contribution is -1.92. The van der Waals surface area contributed by atoms with E-state index in [1.807, 2.05) is 30.3 Å². The molecule has 0 aliphatic rings. The van der Waals surface area contributed by atoms with Gasteiger partial charge in [0.2, 0.25) is 5.89 Å². The van der Waals surface area contributed by atoms with Crippen LogP contribution in [0.2, 0.25) is 0 Å². The van der Waals surface area contributed by atoms with E-state index in [4.69, 9.17) is 14.5 Å². The van der Waals surface area contributed by atoms with Crippen molar-refractivity contribution in [1.29, 1.82) is 5.26 Å². The normalized spacial score (nSPS) is 10.0. The van der Waals surface area contributed by atoms with Gasteiger partial charge >= 0.3 is 0 Å². The molecule has 1 heterocycles. The third kappa shape index (κ3) is 3.08. The van der Waals surface area contributed by atoms with Crippen molar-refractivity contribution in [2.24, 2.45) is 0 Å². The van der Waals surface area contributed by atoms with Crippen molar-refractivity contribution in [2.45, 2.75) is 19.3 Å². The van der Waals surface area contributed by atoms with Gasteiger partial charge in [-0.1, -0.05) is 17.3 Å². The lowest BCUT2D eigenvalue weighted by molar-refractivity contribution is 0.374. The van der Waals surface area contributed by atoms with Gasteiger partial charge in [0.25, 0.3) is 0 Å². The minimum atomic E-state index is 0.187. The summed E-state index contributed by atoms with van der Waals surface area (Å²) in [5.41, 5.74) is 1.18. The Morgan fingerprint density at radius 1 is 1.28 bits per heavy atom. The molecule has 92 valence electrons. The van der Waals surface area contributed by atoms with Crippen molar-refractivity contribution in [2.75, 3.05) is 7.11 Å². The molecule has 0 unspecified atom stereocenters. The van der Waals surface area contributed by atoms with Crippen LogP contribution >= 0.6 is 0 Å². The number of aryl methyl sites for hydroxylation is 2. The van der Waals surface area contributed by atoms with E-state index in [-0.39, 0.29) is 6.42 Å². The first-order valence-corrected chi connectivity index (χ1v) is 5.63. The second-order valence-electron chi connectivity index (χ2n) is 3.79. The van der Waals surface area contributed by atoms with Crippen LogP contribution in [0.1, 0.15) is 17.3 Å². The Hall–Kier alpha value is -2.35. The summed E-state index contributed by atoms with van der Waals surface area (Å²) in [7, 11) is 1.64. The molecule has 2 rings (SSSR count). The van der Waals surface area contributed by atoms with Crippen molar-refractivity contribution in [1.82, 2.24) is 10.1 Å². The quantitative estimate of drug-likeness (QED) is 0.802. The van der Waals surface area contributed by atoms with Crippen molar-refractivity contribution < 1.29 is 9.26 Å². The molecule has 5 heteroatoms. The Kier molecular flexibility index (Phi) is 3.92. The number of methoxy groups -OCH3 is 1. The van der Waals surface area contributed by atoms with Crippen LogP contribution in [0.4, 0.5) is 0 Å². The molecule has 0 spiro atoms. The molecule has 0 aliphatic heterocycles. The van der Waals surface area contributed by atoms with Crippen LogP contribution in [0, 0.1) is 11.3 Å². The first kappa shape index (κ1) is 12.1. The number of nitrogens with zero attached hydrogens (tertiary/aromatic N) is 3. The first-order valence-electron chi connectivity index (χ1n) is 5.63. The Bertz CT molecular complexity index is 540. The van der Waals surface area contributed by atoms with Gasteiger partial charge in [-0.05, 0) is 24.1 Å². The van der Waals surface area contributed by atoms with E-state index in [0.717, 1.165) is 12.2 Å². The Morgan fingerprint density at radius 2 is 2.06 bits per heavy atom. The summed E-state index contributed by atoms with van der Waals surface area (Å²) in [4.78, 5) is 4.12. The van der Waals surface area contributed by atoms with Gasteiger partial charge in [0.15, 0.2) is 5.82 Å². The molecule has 0 amide bonds. The number of ether oxygens (including phenoxy) is 1. The van der Waals surface area contributed by atoms with E-state index >= 15 is 0 Å². The number of nitriles is 1. The highest BCUT2D eigenvalue weighted by Gasteiger charge is 2.06. The monoisotopic (exact) mass is 243 g/mol. The average molecular weight is 243 g/mol. The predicted octanol–water partition coefficient (Wildman–Crippen LogP) is 1.93. The van der Waals surface area contributed by atoms with Gasteiger partial charge in [-0.25, -0.2) is 0 Å². The molecule has 0 N–H and O–H groups in total. The third-order valence-corrected chi connectivity index (χ3v) is 2.53. The third-order valence-electron chi connectivity index (χ3n) is 2.53. The molecule has 5 nitrogen and oxygen atoms in total. The van der Waals surface area contributed by atoms with Gasteiger partial charge in [-0.15, -0.1) is 0 Å². The summed E-state index contributed by atoms with van der Waals surface area (Å²) >= 11 is 0. The van der Waals surface area contributed by atoms with Crippen LogP contribution in [-0.2, 0) is 19.3 Å². The van der Waals surface area contributed by atoms with Gasteiger partial charge < -0.3 is 9.26 Å². The lowest BCUT2D eigenvalue weighted by atomic mass is 10.1. The van der Waals surface area contributed by atoms with Gasteiger partial charge in [-0.2, -0.15) is 10.2 Å². The van der Waals surface area contributed by atoms with Crippen LogP contribution < -0.4 is 4.74 Å². The molecule has 1 aromatic carbocycles. The number of hydrogen-bond acceptors (Lipinski definition) is 5.